The quantitative estimate of drug-likeness (QED) is 0.730. The van der Waals surface area contributed by atoms with E-state index in [0.717, 1.165) is 25.9 Å². The van der Waals surface area contributed by atoms with E-state index in [-0.39, 0.29) is 23.1 Å². The molecule has 0 saturated carbocycles. The summed E-state index contributed by atoms with van der Waals surface area (Å²) in [6.07, 6.45) is 3.77. The van der Waals surface area contributed by atoms with Crippen LogP contribution in [0.3, 0.4) is 0 Å². The van der Waals surface area contributed by atoms with Gasteiger partial charge in [-0.3, -0.25) is 9.59 Å². The second-order valence-corrected chi connectivity index (χ2v) is 4.78. The van der Waals surface area contributed by atoms with Gasteiger partial charge in [-0.25, -0.2) is 0 Å². The highest BCUT2D eigenvalue weighted by atomic mass is 16.2. The van der Waals surface area contributed by atoms with Crippen molar-refractivity contribution in [2.75, 3.05) is 13.1 Å². The van der Waals surface area contributed by atoms with Crippen molar-refractivity contribution in [1.29, 1.82) is 0 Å². The van der Waals surface area contributed by atoms with Crippen molar-refractivity contribution < 1.29 is 4.79 Å². The van der Waals surface area contributed by atoms with Crippen molar-refractivity contribution in [2.24, 2.45) is 5.92 Å². The van der Waals surface area contributed by atoms with Crippen LogP contribution in [0.5, 0.6) is 0 Å². The Morgan fingerprint density at radius 3 is 3.06 bits per heavy atom. The monoisotopic (exact) mass is 249 g/mol. The van der Waals surface area contributed by atoms with Crippen molar-refractivity contribution in [3.63, 3.8) is 0 Å². The molecule has 2 atom stereocenters. The van der Waals surface area contributed by atoms with Crippen LogP contribution in [-0.2, 0) is 0 Å². The van der Waals surface area contributed by atoms with Crippen LogP contribution in [-0.4, -0.2) is 30.0 Å². The molecular formula is C13H19N3O2. The van der Waals surface area contributed by atoms with Crippen molar-refractivity contribution in [2.45, 2.75) is 25.8 Å². The molecule has 18 heavy (non-hydrogen) atoms. The zero-order chi connectivity index (χ0) is 13.0. The van der Waals surface area contributed by atoms with Crippen LogP contribution in [0.1, 0.15) is 30.1 Å². The van der Waals surface area contributed by atoms with Crippen molar-refractivity contribution in [3.8, 4) is 0 Å². The van der Waals surface area contributed by atoms with Gasteiger partial charge in [0.1, 0.15) is 5.56 Å². The minimum atomic E-state index is -0.344. The van der Waals surface area contributed by atoms with E-state index in [4.69, 9.17) is 0 Å². The van der Waals surface area contributed by atoms with Crippen LogP contribution in [0.15, 0.2) is 23.1 Å². The van der Waals surface area contributed by atoms with Gasteiger partial charge in [0.15, 0.2) is 0 Å². The van der Waals surface area contributed by atoms with Gasteiger partial charge in [0.25, 0.3) is 11.5 Å². The lowest BCUT2D eigenvalue weighted by Gasteiger charge is -2.28. The summed E-state index contributed by atoms with van der Waals surface area (Å²) >= 11 is 0. The highest BCUT2D eigenvalue weighted by Crippen LogP contribution is 2.14. The number of aromatic nitrogens is 1. The standard InChI is InChI=1S/C13H19N3O2/c1-9(10-4-2-6-14-8-10)16-13(18)11-5-3-7-15-12(11)17/h3,5,7,9-10,14H,2,4,6,8H2,1H3,(H,15,17)(H,16,18). The first-order valence-corrected chi connectivity index (χ1v) is 6.38. The first-order valence-electron chi connectivity index (χ1n) is 6.38. The van der Waals surface area contributed by atoms with Gasteiger partial charge in [0.2, 0.25) is 0 Å². The van der Waals surface area contributed by atoms with Gasteiger partial charge in [-0.1, -0.05) is 0 Å². The van der Waals surface area contributed by atoms with Crippen LogP contribution in [0.4, 0.5) is 0 Å². The van der Waals surface area contributed by atoms with Gasteiger partial charge in [-0.2, -0.15) is 0 Å². The highest BCUT2D eigenvalue weighted by Gasteiger charge is 2.22. The SMILES string of the molecule is CC(NC(=O)c1ccc[nH]c1=O)C1CCCNC1. The first-order chi connectivity index (χ1) is 8.68. The maximum absolute atomic E-state index is 12.0. The van der Waals surface area contributed by atoms with Gasteiger partial charge in [0, 0.05) is 12.2 Å². The lowest BCUT2D eigenvalue weighted by atomic mass is 9.92. The fourth-order valence-corrected chi connectivity index (χ4v) is 2.31. The zero-order valence-corrected chi connectivity index (χ0v) is 10.5. The summed E-state index contributed by atoms with van der Waals surface area (Å²) in [7, 11) is 0. The number of hydrogen-bond donors (Lipinski definition) is 3. The molecule has 98 valence electrons. The second kappa shape index (κ2) is 5.82. The van der Waals surface area contributed by atoms with Crippen molar-refractivity contribution in [3.05, 3.63) is 34.2 Å². The minimum absolute atomic E-state index is 0.0740. The lowest BCUT2D eigenvalue weighted by Crippen LogP contribution is -2.45. The topological polar surface area (TPSA) is 74.0 Å². The number of H-pyrrole nitrogens is 1. The molecule has 2 rings (SSSR count). The van der Waals surface area contributed by atoms with E-state index in [2.05, 4.69) is 15.6 Å². The molecule has 0 bridgehead atoms. The lowest BCUT2D eigenvalue weighted by molar-refractivity contribution is 0.0920. The number of carbonyl (C=O) groups is 1. The average Bonchev–Trinajstić information content (AvgIpc) is 2.40. The van der Waals surface area contributed by atoms with E-state index in [0.29, 0.717) is 5.92 Å². The number of hydrogen-bond acceptors (Lipinski definition) is 3. The fourth-order valence-electron chi connectivity index (χ4n) is 2.31. The number of amides is 1. The summed E-state index contributed by atoms with van der Waals surface area (Å²) in [6.45, 7) is 3.97. The Kier molecular flexibility index (Phi) is 4.15. The molecule has 2 unspecified atom stereocenters. The summed E-state index contributed by atoms with van der Waals surface area (Å²) in [5.41, 5.74) is -0.169. The maximum atomic E-state index is 12.0. The smallest absolute Gasteiger partial charge is 0.260 e. The van der Waals surface area contributed by atoms with Crippen LogP contribution < -0.4 is 16.2 Å². The molecule has 0 radical (unpaired) electrons. The molecule has 5 heteroatoms. The Labute approximate surface area is 106 Å². The normalized spacial score (nSPS) is 21.3. The molecule has 2 heterocycles. The van der Waals surface area contributed by atoms with Crippen LogP contribution in [0.25, 0.3) is 0 Å². The Balaban J connectivity index is 1.98. The number of aromatic amines is 1. The Morgan fingerprint density at radius 2 is 2.39 bits per heavy atom. The second-order valence-electron chi connectivity index (χ2n) is 4.78. The Morgan fingerprint density at radius 1 is 1.56 bits per heavy atom. The molecule has 1 amide bonds. The maximum Gasteiger partial charge on any atom is 0.260 e. The number of pyridine rings is 1. The average molecular weight is 249 g/mol. The third kappa shape index (κ3) is 2.98. The molecule has 0 spiro atoms. The molecule has 1 saturated heterocycles. The largest absolute Gasteiger partial charge is 0.349 e. The van der Waals surface area contributed by atoms with E-state index in [1.54, 1.807) is 12.1 Å². The highest BCUT2D eigenvalue weighted by molar-refractivity contribution is 5.93. The molecule has 0 aromatic carbocycles. The van der Waals surface area contributed by atoms with Gasteiger partial charge >= 0.3 is 0 Å². The molecule has 1 aliphatic heterocycles. The summed E-state index contributed by atoms with van der Waals surface area (Å²) in [5, 5.41) is 6.23. The zero-order valence-electron chi connectivity index (χ0n) is 10.5. The van der Waals surface area contributed by atoms with E-state index >= 15 is 0 Å². The summed E-state index contributed by atoms with van der Waals surface area (Å²) in [5.74, 6) is 0.139. The van der Waals surface area contributed by atoms with Gasteiger partial charge in [-0.15, -0.1) is 0 Å². The molecule has 1 aliphatic rings. The minimum Gasteiger partial charge on any atom is -0.349 e. The van der Waals surface area contributed by atoms with Gasteiger partial charge in [-0.05, 0) is 50.9 Å². The fraction of sp³-hybridized carbons (Fsp3) is 0.538. The number of nitrogens with one attached hydrogen (secondary N) is 3. The van der Waals surface area contributed by atoms with E-state index in [1.807, 2.05) is 6.92 Å². The van der Waals surface area contributed by atoms with E-state index in [9.17, 15) is 9.59 Å². The predicted molar refractivity (Wildman–Crippen MR) is 69.6 cm³/mol. The third-order valence-electron chi connectivity index (χ3n) is 3.46. The molecule has 5 nitrogen and oxygen atoms in total. The molecule has 0 aliphatic carbocycles. The summed E-state index contributed by atoms with van der Waals surface area (Å²) in [6, 6.07) is 3.27. The number of rotatable bonds is 3. The Bertz CT molecular complexity index is 463. The van der Waals surface area contributed by atoms with Crippen molar-refractivity contribution in [1.82, 2.24) is 15.6 Å². The summed E-state index contributed by atoms with van der Waals surface area (Å²) in [4.78, 5) is 26.0. The molecule has 1 fully saturated rings. The predicted octanol–water partition coefficient (Wildman–Crippen LogP) is 0.493. The molecule has 3 N–H and O–H groups in total. The van der Waals surface area contributed by atoms with E-state index < -0.39 is 0 Å². The van der Waals surface area contributed by atoms with E-state index in [1.165, 1.54) is 6.20 Å². The van der Waals surface area contributed by atoms with Gasteiger partial charge in [0.05, 0.1) is 0 Å². The molecule has 1 aromatic heterocycles. The summed E-state index contributed by atoms with van der Waals surface area (Å²) < 4.78 is 0. The number of piperidine rings is 1. The van der Waals surface area contributed by atoms with Crippen LogP contribution in [0.2, 0.25) is 0 Å². The molecule has 1 aromatic rings. The van der Waals surface area contributed by atoms with Crippen LogP contribution in [0, 0.1) is 5.92 Å². The Hall–Kier alpha value is -1.62. The number of carbonyl (C=O) groups excluding carboxylic acids is 1. The van der Waals surface area contributed by atoms with Crippen molar-refractivity contribution >= 4 is 5.91 Å². The first kappa shape index (κ1) is 12.8. The molecular weight excluding hydrogens is 230 g/mol. The van der Waals surface area contributed by atoms with Gasteiger partial charge < -0.3 is 15.6 Å². The third-order valence-corrected chi connectivity index (χ3v) is 3.46. The van der Waals surface area contributed by atoms with Crippen LogP contribution >= 0.6 is 0 Å².